The van der Waals surface area contributed by atoms with Crippen molar-refractivity contribution in [2.45, 2.75) is 19.4 Å². The molecule has 0 unspecified atom stereocenters. The molecule has 0 fully saturated rings. The Morgan fingerprint density at radius 2 is 1.88 bits per heavy atom. The maximum absolute atomic E-state index is 13.0. The lowest BCUT2D eigenvalue weighted by Gasteiger charge is -2.16. The molecule has 3 aromatic rings. The van der Waals surface area contributed by atoms with E-state index >= 15 is 0 Å². The molecule has 25 heavy (non-hydrogen) atoms. The largest absolute Gasteiger partial charge is 0.481 e. The lowest BCUT2D eigenvalue weighted by molar-refractivity contribution is -0.122. The number of amides is 1. The van der Waals surface area contributed by atoms with Crippen molar-refractivity contribution in [1.82, 2.24) is 10.3 Å². The SMILES string of the molecule is CC[C@H](Oc1ccc(F)cc1)C(=O)Nc1nonc1-c1ccccc1. The third-order valence-corrected chi connectivity index (χ3v) is 3.53. The minimum atomic E-state index is -0.759. The summed E-state index contributed by atoms with van der Waals surface area (Å²) in [5, 5.41) is 10.2. The Balaban J connectivity index is 1.73. The van der Waals surface area contributed by atoms with Gasteiger partial charge in [0.05, 0.1) is 0 Å². The molecule has 1 aromatic heterocycles. The number of halogens is 1. The fourth-order valence-electron chi connectivity index (χ4n) is 2.25. The summed E-state index contributed by atoms with van der Waals surface area (Å²) in [6.45, 7) is 1.81. The van der Waals surface area contributed by atoms with Gasteiger partial charge >= 0.3 is 0 Å². The van der Waals surface area contributed by atoms with Crippen molar-refractivity contribution in [2.75, 3.05) is 5.32 Å². The molecule has 1 heterocycles. The van der Waals surface area contributed by atoms with Crippen LogP contribution in [0.2, 0.25) is 0 Å². The van der Waals surface area contributed by atoms with Gasteiger partial charge in [-0.1, -0.05) is 37.3 Å². The Kier molecular flexibility index (Phi) is 5.03. The predicted molar refractivity (Wildman–Crippen MR) is 89.5 cm³/mol. The summed E-state index contributed by atoms with van der Waals surface area (Å²) in [4.78, 5) is 12.5. The highest BCUT2D eigenvalue weighted by Gasteiger charge is 2.22. The van der Waals surface area contributed by atoms with Gasteiger partial charge in [-0.15, -0.1) is 0 Å². The van der Waals surface area contributed by atoms with E-state index in [1.165, 1.54) is 24.3 Å². The topological polar surface area (TPSA) is 77.2 Å². The summed E-state index contributed by atoms with van der Waals surface area (Å²) in [5.41, 5.74) is 1.21. The molecule has 2 aromatic carbocycles. The van der Waals surface area contributed by atoms with Gasteiger partial charge < -0.3 is 10.1 Å². The van der Waals surface area contributed by atoms with Gasteiger partial charge in [-0.2, -0.15) is 0 Å². The summed E-state index contributed by atoms with van der Waals surface area (Å²) in [5.74, 6) is -0.131. The van der Waals surface area contributed by atoms with Gasteiger partial charge in [-0.25, -0.2) is 9.02 Å². The molecule has 0 spiro atoms. The highest BCUT2D eigenvalue weighted by atomic mass is 19.1. The number of carbonyl (C=O) groups excluding carboxylic acids is 1. The van der Waals surface area contributed by atoms with Gasteiger partial charge in [0.1, 0.15) is 11.6 Å². The maximum Gasteiger partial charge on any atom is 0.266 e. The second-order valence-corrected chi connectivity index (χ2v) is 5.29. The lowest BCUT2D eigenvalue weighted by atomic mass is 10.1. The third kappa shape index (κ3) is 4.00. The van der Waals surface area contributed by atoms with Gasteiger partial charge in [-0.05, 0) is 41.0 Å². The average Bonchev–Trinajstić information content (AvgIpc) is 3.10. The summed E-state index contributed by atoms with van der Waals surface area (Å²) in [6.07, 6.45) is -0.333. The Morgan fingerprint density at radius 3 is 2.56 bits per heavy atom. The number of benzene rings is 2. The fraction of sp³-hybridized carbons (Fsp3) is 0.167. The number of nitrogens with zero attached hydrogens (tertiary/aromatic N) is 2. The molecule has 1 N–H and O–H groups in total. The molecule has 0 saturated carbocycles. The van der Waals surface area contributed by atoms with E-state index in [9.17, 15) is 9.18 Å². The number of carbonyl (C=O) groups is 1. The fourth-order valence-corrected chi connectivity index (χ4v) is 2.25. The smallest absolute Gasteiger partial charge is 0.266 e. The first-order valence-corrected chi connectivity index (χ1v) is 7.78. The molecule has 0 saturated heterocycles. The van der Waals surface area contributed by atoms with Crippen LogP contribution in [0.15, 0.2) is 59.2 Å². The molecule has 0 aliphatic rings. The molecule has 0 radical (unpaired) electrons. The maximum atomic E-state index is 13.0. The average molecular weight is 341 g/mol. The van der Waals surface area contributed by atoms with Crippen LogP contribution in [0, 0.1) is 5.82 Å². The zero-order valence-corrected chi connectivity index (χ0v) is 13.5. The molecule has 0 aliphatic heterocycles. The van der Waals surface area contributed by atoms with Crippen LogP contribution in [0.1, 0.15) is 13.3 Å². The van der Waals surface area contributed by atoms with Crippen molar-refractivity contribution in [2.24, 2.45) is 0 Å². The van der Waals surface area contributed by atoms with Crippen molar-refractivity contribution < 1.29 is 18.6 Å². The van der Waals surface area contributed by atoms with E-state index in [2.05, 4.69) is 15.6 Å². The van der Waals surface area contributed by atoms with Crippen LogP contribution < -0.4 is 10.1 Å². The van der Waals surface area contributed by atoms with Gasteiger partial charge in [0.2, 0.25) is 5.82 Å². The first-order valence-electron chi connectivity index (χ1n) is 7.78. The van der Waals surface area contributed by atoms with Crippen LogP contribution in [0.4, 0.5) is 10.2 Å². The van der Waals surface area contributed by atoms with Crippen LogP contribution in [0.5, 0.6) is 5.75 Å². The Bertz CT molecular complexity index is 834. The van der Waals surface area contributed by atoms with E-state index in [1.807, 2.05) is 37.3 Å². The molecular weight excluding hydrogens is 325 g/mol. The van der Waals surface area contributed by atoms with Crippen molar-refractivity contribution in [3.63, 3.8) is 0 Å². The summed E-state index contributed by atoms with van der Waals surface area (Å²) >= 11 is 0. The molecule has 6 nitrogen and oxygen atoms in total. The van der Waals surface area contributed by atoms with E-state index in [0.717, 1.165) is 5.56 Å². The van der Waals surface area contributed by atoms with E-state index < -0.39 is 6.10 Å². The summed E-state index contributed by atoms with van der Waals surface area (Å²) < 4.78 is 23.3. The number of nitrogens with one attached hydrogen (secondary N) is 1. The van der Waals surface area contributed by atoms with E-state index in [-0.39, 0.29) is 17.5 Å². The number of anilines is 1. The zero-order valence-electron chi connectivity index (χ0n) is 13.5. The number of hydrogen-bond acceptors (Lipinski definition) is 5. The first-order chi connectivity index (χ1) is 12.2. The molecule has 7 heteroatoms. The van der Waals surface area contributed by atoms with Crippen molar-refractivity contribution in [3.8, 4) is 17.0 Å². The summed E-state index contributed by atoms with van der Waals surface area (Å²) in [7, 11) is 0. The van der Waals surface area contributed by atoms with Gasteiger partial charge in [0, 0.05) is 5.56 Å². The molecular formula is C18H16FN3O3. The first kappa shape index (κ1) is 16.6. The minimum Gasteiger partial charge on any atom is -0.481 e. The van der Waals surface area contributed by atoms with Crippen molar-refractivity contribution in [1.29, 1.82) is 0 Å². The monoisotopic (exact) mass is 341 g/mol. The quantitative estimate of drug-likeness (QED) is 0.740. The van der Waals surface area contributed by atoms with Crippen molar-refractivity contribution >= 4 is 11.7 Å². The highest BCUT2D eigenvalue weighted by Crippen LogP contribution is 2.24. The second-order valence-electron chi connectivity index (χ2n) is 5.29. The molecule has 128 valence electrons. The van der Waals surface area contributed by atoms with Gasteiger partial charge in [0.25, 0.3) is 5.91 Å². The minimum absolute atomic E-state index is 0.220. The molecule has 3 rings (SSSR count). The van der Waals surface area contributed by atoms with Crippen molar-refractivity contribution in [3.05, 3.63) is 60.4 Å². The highest BCUT2D eigenvalue weighted by molar-refractivity contribution is 5.96. The third-order valence-electron chi connectivity index (χ3n) is 3.53. The molecule has 1 amide bonds. The Labute approximate surface area is 143 Å². The Hall–Kier alpha value is -3.22. The molecule has 1 atom stereocenters. The Morgan fingerprint density at radius 1 is 1.16 bits per heavy atom. The van der Waals surface area contributed by atoms with Gasteiger partial charge in [-0.3, -0.25) is 4.79 Å². The number of ether oxygens (including phenoxy) is 1. The molecule has 0 aliphatic carbocycles. The van der Waals surface area contributed by atoms with Crippen LogP contribution in [-0.2, 0) is 4.79 Å². The van der Waals surface area contributed by atoms with Gasteiger partial charge in [0.15, 0.2) is 11.8 Å². The molecule has 0 bridgehead atoms. The zero-order chi connectivity index (χ0) is 17.6. The van der Waals surface area contributed by atoms with E-state index in [0.29, 0.717) is 17.9 Å². The predicted octanol–water partition coefficient (Wildman–Crippen LogP) is 3.67. The van der Waals surface area contributed by atoms with Crippen LogP contribution in [-0.4, -0.2) is 22.3 Å². The van der Waals surface area contributed by atoms with E-state index in [1.54, 1.807) is 0 Å². The number of hydrogen-bond donors (Lipinski definition) is 1. The standard InChI is InChI=1S/C18H16FN3O3/c1-2-15(24-14-10-8-13(19)9-11-14)18(23)20-17-16(21-25-22-17)12-6-4-3-5-7-12/h3-11,15H,2H2,1H3,(H,20,22,23)/t15-/m0/s1. The second kappa shape index (κ2) is 7.57. The van der Waals surface area contributed by atoms with Crippen LogP contribution in [0.25, 0.3) is 11.3 Å². The summed E-state index contributed by atoms with van der Waals surface area (Å²) in [6, 6.07) is 14.7. The normalized spacial score (nSPS) is 11.8. The number of rotatable bonds is 6. The lowest BCUT2D eigenvalue weighted by Crippen LogP contribution is -2.32. The van der Waals surface area contributed by atoms with E-state index in [4.69, 9.17) is 9.37 Å². The van der Waals surface area contributed by atoms with Crippen LogP contribution in [0.3, 0.4) is 0 Å². The van der Waals surface area contributed by atoms with Crippen LogP contribution >= 0.6 is 0 Å². The number of aromatic nitrogens is 2.